The molecule has 152 valence electrons. The molecule has 4 aromatic rings. The van der Waals surface area contributed by atoms with E-state index in [1.54, 1.807) is 0 Å². The standard InChI is InChI=1S/C25H23N3P3/c1-29-26-30(22-14-6-2-7-15-22,23-16-8-3-9-17-23)28-31(27-29,24-18-10-4-11-19-24)25-20-12-5-13-21-25/h2-21H,1H3/q+1. The average molecular weight is 458 g/mol. The molecule has 0 aromatic heterocycles. The van der Waals surface area contributed by atoms with Crippen molar-refractivity contribution in [2.75, 3.05) is 6.66 Å². The Kier molecular flexibility index (Phi) is 5.59. The van der Waals surface area contributed by atoms with Crippen LogP contribution in [0.15, 0.2) is 135 Å². The summed E-state index contributed by atoms with van der Waals surface area (Å²) in [6.07, 6.45) is 0. The Labute approximate surface area is 185 Å². The predicted octanol–water partition coefficient (Wildman–Crippen LogP) is 6.74. The van der Waals surface area contributed by atoms with Gasteiger partial charge in [-0.05, 0) is 9.03 Å². The highest BCUT2D eigenvalue weighted by atomic mass is 31.2. The molecule has 0 aliphatic carbocycles. The van der Waals surface area contributed by atoms with E-state index < -0.39 is 22.3 Å². The second-order valence-corrected chi connectivity index (χ2v) is 14.9. The maximum atomic E-state index is 5.78. The molecule has 1 aliphatic rings. The van der Waals surface area contributed by atoms with Gasteiger partial charge in [-0.3, -0.25) is 0 Å². The van der Waals surface area contributed by atoms with E-state index in [9.17, 15) is 0 Å². The van der Waals surface area contributed by atoms with Gasteiger partial charge in [0.05, 0.1) is 0 Å². The molecular formula is C25H23N3P3+. The van der Waals surface area contributed by atoms with Gasteiger partial charge in [-0.2, -0.15) is 0 Å². The molecule has 1 heterocycles. The van der Waals surface area contributed by atoms with E-state index in [0.717, 1.165) is 0 Å². The minimum absolute atomic E-state index is 0.907. The lowest BCUT2D eigenvalue weighted by atomic mass is 10.4. The van der Waals surface area contributed by atoms with Gasteiger partial charge in [0, 0.05) is 21.2 Å². The summed E-state index contributed by atoms with van der Waals surface area (Å²) in [5.41, 5.74) is 0. The molecule has 1 aliphatic heterocycles. The van der Waals surface area contributed by atoms with Gasteiger partial charge >= 0.3 is 7.86 Å². The average Bonchev–Trinajstić information content (AvgIpc) is 2.86. The third-order valence-corrected chi connectivity index (χ3v) is 15.5. The van der Waals surface area contributed by atoms with Crippen LogP contribution in [0.25, 0.3) is 0 Å². The number of benzene rings is 4. The van der Waals surface area contributed by atoms with Crippen LogP contribution in [0.4, 0.5) is 0 Å². The molecule has 0 saturated heterocycles. The van der Waals surface area contributed by atoms with Crippen LogP contribution < -0.4 is 21.2 Å². The predicted molar refractivity (Wildman–Crippen MR) is 138 cm³/mol. The molecule has 0 amide bonds. The Morgan fingerprint density at radius 3 is 1.16 bits per heavy atom. The first kappa shape index (κ1) is 20.3. The van der Waals surface area contributed by atoms with Gasteiger partial charge in [-0.15, -0.1) is 0 Å². The summed E-state index contributed by atoms with van der Waals surface area (Å²) >= 11 is 0. The molecule has 0 fully saturated rings. The van der Waals surface area contributed by atoms with Gasteiger partial charge in [0.2, 0.25) is 0 Å². The highest BCUT2D eigenvalue weighted by Crippen LogP contribution is 2.70. The normalized spacial score (nSPS) is 17.6. The lowest BCUT2D eigenvalue weighted by Crippen LogP contribution is -2.20. The fourth-order valence-corrected chi connectivity index (χ4v) is 16.0. The van der Waals surface area contributed by atoms with Gasteiger partial charge < -0.3 is 0 Å². The highest BCUT2D eigenvalue weighted by molar-refractivity contribution is 7.94. The number of nitrogens with zero attached hydrogens (tertiary/aromatic N) is 3. The maximum Gasteiger partial charge on any atom is 0.349 e. The fourth-order valence-electron chi connectivity index (χ4n) is 3.87. The van der Waals surface area contributed by atoms with E-state index in [2.05, 4.69) is 128 Å². The minimum Gasteiger partial charge on any atom is -0.215 e. The largest absolute Gasteiger partial charge is 0.349 e. The van der Waals surface area contributed by atoms with Crippen LogP contribution in [-0.2, 0) is 0 Å². The second-order valence-electron chi connectivity index (χ2n) is 7.30. The van der Waals surface area contributed by atoms with Gasteiger partial charge in [0.15, 0.2) is 14.4 Å². The molecule has 1 atom stereocenters. The molecule has 0 N–H and O–H groups in total. The summed E-state index contributed by atoms with van der Waals surface area (Å²) in [6, 6.07) is 42.5. The molecule has 3 nitrogen and oxygen atoms in total. The maximum absolute atomic E-state index is 5.78. The molecule has 4 aromatic carbocycles. The number of rotatable bonds is 4. The van der Waals surface area contributed by atoms with Crippen molar-refractivity contribution >= 4 is 43.5 Å². The van der Waals surface area contributed by atoms with E-state index in [1.165, 1.54) is 21.2 Å². The number of hydrogen-bond acceptors (Lipinski definition) is 3. The lowest BCUT2D eigenvalue weighted by molar-refractivity contribution is 1.64. The van der Waals surface area contributed by atoms with Crippen LogP contribution in [0.2, 0.25) is 0 Å². The Bertz CT molecular complexity index is 1160. The summed E-state index contributed by atoms with van der Waals surface area (Å²) in [7, 11) is -5.65. The molecule has 0 radical (unpaired) electrons. The zero-order valence-corrected chi connectivity index (χ0v) is 19.9. The molecule has 0 saturated carbocycles. The van der Waals surface area contributed by atoms with E-state index in [0.29, 0.717) is 0 Å². The van der Waals surface area contributed by atoms with E-state index in [-0.39, 0.29) is 0 Å². The Morgan fingerprint density at radius 2 is 0.806 bits per heavy atom. The van der Waals surface area contributed by atoms with Gasteiger partial charge in [0.25, 0.3) is 0 Å². The Hall–Kier alpha value is -2.56. The zero-order chi connectivity index (χ0) is 21.2. The summed E-state index contributed by atoms with van der Waals surface area (Å²) in [4.78, 5) is 0. The quantitative estimate of drug-likeness (QED) is 0.304. The Balaban J connectivity index is 1.96. The minimum atomic E-state index is -2.37. The van der Waals surface area contributed by atoms with E-state index in [4.69, 9.17) is 13.5 Å². The third kappa shape index (κ3) is 3.68. The zero-order valence-electron chi connectivity index (χ0n) is 17.2. The molecule has 0 spiro atoms. The molecule has 1 unspecified atom stereocenters. The lowest BCUT2D eigenvalue weighted by Gasteiger charge is -2.27. The van der Waals surface area contributed by atoms with Crippen molar-refractivity contribution in [1.29, 1.82) is 0 Å². The smallest absolute Gasteiger partial charge is 0.215 e. The highest BCUT2D eigenvalue weighted by Gasteiger charge is 2.40. The fraction of sp³-hybridized carbons (Fsp3) is 0.0400. The van der Waals surface area contributed by atoms with Crippen molar-refractivity contribution < 1.29 is 0 Å². The first-order chi connectivity index (χ1) is 15.2. The van der Waals surface area contributed by atoms with Crippen molar-refractivity contribution in [2.24, 2.45) is 13.5 Å². The first-order valence-corrected chi connectivity index (χ1v) is 15.3. The summed E-state index contributed by atoms with van der Waals surface area (Å²) in [5.74, 6) is 0. The van der Waals surface area contributed by atoms with Crippen molar-refractivity contribution in [2.45, 2.75) is 0 Å². The van der Waals surface area contributed by atoms with Crippen molar-refractivity contribution in [3.63, 3.8) is 0 Å². The van der Waals surface area contributed by atoms with Gasteiger partial charge in [-0.25, -0.2) is 4.52 Å². The van der Waals surface area contributed by atoms with Crippen molar-refractivity contribution in [3.8, 4) is 0 Å². The summed E-state index contributed by atoms with van der Waals surface area (Å²) < 4.78 is 16.5. The molecule has 0 bridgehead atoms. The molecule has 5 rings (SSSR count). The SMILES string of the molecule is C[P+]1=NP(c2ccccc2)(c2ccccc2)=NP(c2ccccc2)(c2ccccc2)=N1. The summed E-state index contributed by atoms with van der Waals surface area (Å²) in [6.45, 7) is 2.17. The van der Waals surface area contributed by atoms with Crippen LogP contribution in [0.1, 0.15) is 0 Å². The van der Waals surface area contributed by atoms with Gasteiger partial charge in [0.1, 0.15) is 6.66 Å². The monoisotopic (exact) mass is 458 g/mol. The van der Waals surface area contributed by atoms with Crippen LogP contribution in [-0.4, -0.2) is 6.66 Å². The van der Waals surface area contributed by atoms with Crippen molar-refractivity contribution in [3.05, 3.63) is 121 Å². The summed E-state index contributed by atoms with van der Waals surface area (Å²) in [5, 5.41) is 4.78. The third-order valence-electron chi connectivity index (χ3n) is 5.24. The van der Waals surface area contributed by atoms with Crippen molar-refractivity contribution in [1.82, 2.24) is 0 Å². The van der Waals surface area contributed by atoms with Crippen LogP contribution >= 0.6 is 22.3 Å². The Morgan fingerprint density at radius 1 is 0.484 bits per heavy atom. The van der Waals surface area contributed by atoms with E-state index in [1.807, 2.05) is 0 Å². The topological polar surface area (TPSA) is 37.1 Å². The number of hydrogen-bond donors (Lipinski definition) is 0. The molecule has 6 heteroatoms. The van der Waals surface area contributed by atoms with Crippen LogP contribution in [0.3, 0.4) is 0 Å². The first-order valence-electron chi connectivity index (χ1n) is 10.2. The van der Waals surface area contributed by atoms with Crippen LogP contribution in [0.5, 0.6) is 0 Å². The molecular weight excluding hydrogens is 435 g/mol. The molecule has 31 heavy (non-hydrogen) atoms. The van der Waals surface area contributed by atoms with E-state index >= 15 is 0 Å². The second kappa shape index (κ2) is 8.52. The van der Waals surface area contributed by atoms with Crippen LogP contribution in [0, 0.1) is 0 Å². The van der Waals surface area contributed by atoms with Gasteiger partial charge in [-0.1, -0.05) is 121 Å².